The monoisotopic (exact) mass is 484 g/mol. The van der Waals surface area contributed by atoms with Gasteiger partial charge in [0.25, 0.3) is 5.91 Å². The van der Waals surface area contributed by atoms with E-state index in [9.17, 15) is 27.2 Å². The number of rotatable bonds is 3. The van der Waals surface area contributed by atoms with E-state index < -0.39 is 46.4 Å². The summed E-state index contributed by atoms with van der Waals surface area (Å²) in [4.78, 5) is 30.9. The predicted molar refractivity (Wildman–Crippen MR) is 101 cm³/mol. The number of carbonyl (C=O) groups is 2. The fourth-order valence-electron chi connectivity index (χ4n) is 3.03. The summed E-state index contributed by atoms with van der Waals surface area (Å²) in [6, 6.07) is 5.13. The zero-order valence-corrected chi connectivity index (χ0v) is 17.2. The third-order valence-electron chi connectivity index (χ3n) is 4.71. The van der Waals surface area contributed by atoms with Crippen LogP contribution in [0.4, 0.5) is 28.0 Å². The van der Waals surface area contributed by atoms with Gasteiger partial charge in [0.05, 0.1) is 24.0 Å². The van der Waals surface area contributed by atoms with Gasteiger partial charge in [-0.05, 0) is 32.0 Å². The lowest BCUT2D eigenvalue weighted by Crippen LogP contribution is -2.43. The maximum atomic E-state index is 14.2. The van der Waals surface area contributed by atoms with E-state index in [0.717, 1.165) is 11.1 Å². The lowest BCUT2D eigenvalue weighted by Gasteiger charge is -2.27. The maximum Gasteiger partial charge on any atom is 0.419 e. The molecule has 3 amide bonds. The maximum absolute atomic E-state index is 14.2. The van der Waals surface area contributed by atoms with E-state index >= 15 is 0 Å². The van der Waals surface area contributed by atoms with E-state index in [1.165, 1.54) is 32.0 Å². The third-order valence-corrected chi connectivity index (χ3v) is 5.20. The number of carbonyl (C=O) groups excluding carboxylic acids is 2. The summed E-state index contributed by atoms with van der Waals surface area (Å²) < 4.78 is 54.5. The van der Waals surface area contributed by atoms with Gasteiger partial charge in [-0.2, -0.15) is 18.4 Å². The lowest BCUT2D eigenvalue weighted by atomic mass is 10.0. The first-order valence-corrected chi connectivity index (χ1v) is 9.24. The average Bonchev–Trinajstić information content (AvgIpc) is 2.82. The molecule has 0 radical (unpaired) electrons. The summed E-state index contributed by atoms with van der Waals surface area (Å²) in [5.74, 6) is -1.41. The van der Waals surface area contributed by atoms with Crippen LogP contribution in [0, 0.1) is 17.1 Å². The van der Waals surface area contributed by atoms with Gasteiger partial charge in [0, 0.05) is 10.0 Å². The SMILES string of the molecule is CC1(C)C(=O)N(c2cnc(C#N)c(C(F)(F)F)c2)C(=O)N1Cc1ccc(Br)cc1F. The van der Waals surface area contributed by atoms with Gasteiger partial charge in [-0.15, -0.1) is 0 Å². The molecule has 0 aliphatic carbocycles. The van der Waals surface area contributed by atoms with Crippen molar-refractivity contribution >= 4 is 33.6 Å². The molecular formula is C19H13BrF4N4O2. The van der Waals surface area contributed by atoms with Gasteiger partial charge in [-0.25, -0.2) is 19.1 Å². The summed E-state index contributed by atoms with van der Waals surface area (Å²) in [7, 11) is 0. The molecular weight excluding hydrogens is 472 g/mol. The van der Waals surface area contributed by atoms with Crippen molar-refractivity contribution in [1.29, 1.82) is 5.26 Å². The van der Waals surface area contributed by atoms with Gasteiger partial charge in [0.2, 0.25) is 0 Å². The van der Waals surface area contributed by atoms with E-state index in [-0.39, 0.29) is 12.1 Å². The van der Waals surface area contributed by atoms with E-state index in [0.29, 0.717) is 15.4 Å². The van der Waals surface area contributed by atoms with Crippen molar-refractivity contribution in [1.82, 2.24) is 9.88 Å². The second kappa shape index (κ2) is 7.36. The average molecular weight is 485 g/mol. The van der Waals surface area contributed by atoms with Crippen LogP contribution >= 0.6 is 15.9 Å². The molecule has 0 spiro atoms. The molecule has 0 N–H and O–H groups in total. The Morgan fingerprint density at radius 1 is 1.23 bits per heavy atom. The van der Waals surface area contributed by atoms with E-state index in [4.69, 9.17) is 5.26 Å². The number of anilines is 1. The Hall–Kier alpha value is -3.00. The van der Waals surface area contributed by atoms with E-state index in [1.54, 1.807) is 6.07 Å². The second-order valence-electron chi connectivity index (χ2n) is 7.00. The number of nitrogens with zero attached hydrogens (tertiary/aromatic N) is 4. The van der Waals surface area contributed by atoms with Crippen LogP contribution in [0.1, 0.15) is 30.7 Å². The van der Waals surface area contributed by atoms with Crippen molar-refractivity contribution < 1.29 is 27.2 Å². The predicted octanol–water partition coefficient (Wildman–Crippen LogP) is 4.62. The molecule has 1 fully saturated rings. The van der Waals surface area contributed by atoms with Crippen molar-refractivity contribution in [3.05, 3.63) is 57.6 Å². The van der Waals surface area contributed by atoms with Gasteiger partial charge in [-0.3, -0.25) is 4.79 Å². The van der Waals surface area contributed by atoms with Crippen LogP contribution in [0.2, 0.25) is 0 Å². The molecule has 0 bridgehead atoms. The highest BCUT2D eigenvalue weighted by Crippen LogP contribution is 2.37. The number of hydrogen-bond acceptors (Lipinski definition) is 4. The largest absolute Gasteiger partial charge is 0.419 e. The van der Waals surface area contributed by atoms with Crippen LogP contribution in [0.3, 0.4) is 0 Å². The Morgan fingerprint density at radius 2 is 1.90 bits per heavy atom. The standard InChI is InChI=1S/C19H13BrF4N4O2/c1-18(2)16(29)28(12-6-13(19(22,23)24)15(7-25)26-8-12)17(30)27(18)9-10-3-4-11(20)5-14(10)21/h3-6,8H,9H2,1-2H3. The van der Waals surface area contributed by atoms with Crippen molar-refractivity contribution in [2.24, 2.45) is 0 Å². The summed E-state index contributed by atoms with van der Waals surface area (Å²) in [6.07, 6.45) is -4.06. The number of amides is 3. The van der Waals surface area contributed by atoms with Crippen molar-refractivity contribution in [3.8, 4) is 6.07 Å². The van der Waals surface area contributed by atoms with Crippen LogP contribution in [-0.2, 0) is 17.5 Å². The zero-order valence-electron chi connectivity index (χ0n) is 15.6. The highest BCUT2D eigenvalue weighted by Gasteiger charge is 2.52. The van der Waals surface area contributed by atoms with Crippen LogP contribution in [0.5, 0.6) is 0 Å². The summed E-state index contributed by atoms with van der Waals surface area (Å²) >= 11 is 3.12. The number of aromatic nitrogens is 1. The van der Waals surface area contributed by atoms with Gasteiger partial charge in [0.1, 0.15) is 17.4 Å². The van der Waals surface area contributed by atoms with Crippen LogP contribution in [-0.4, -0.2) is 27.4 Å². The Labute approximate surface area is 176 Å². The lowest BCUT2D eigenvalue weighted by molar-refractivity contribution is -0.138. The molecule has 11 heteroatoms. The van der Waals surface area contributed by atoms with Gasteiger partial charge >= 0.3 is 12.2 Å². The first kappa shape index (κ1) is 21.7. The number of hydrogen-bond donors (Lipinski definition) is 0. The first-order chi connectivity index (χ1) is 13.9. The van der Waals surface area contributed by atoms with Crippen LogP contribution in [0.25, 0.3) is 0 Å². The van der Waals surface area contributed by atoms with Crippen LogP contribution < -0.4 is 4.90 Å². The van der Waals surface area contributed by atoms with Gasteiger partial charge in [0.15, 0.2) is 5.69 Å². The highest BCUT2D eigenvalue weighted by molar-refractivity contribution is 9.10. The first-order valence-electron chi connectivity index (χ1n) is 8.45. The molecule has 1 saturated heterocycles. The molecule has 0 atom stereocenters. The smallest absolute Gasteiger partial charge is 0.305 e. The Bertz CT molecular complexity index is 1090. The minimum absolute atomic E-state index is 0.128. The van der Waals surface area contributed by atoms with Crippen molar-refractivity contribution in [2.75, 3.05) is 4.90 Å². The quantitative estimate of drug-likeness (QED) is 0.470. The molecule has 0 saturated carbocycles. The number of pyridine rings is 1. The molecule has 2 aromatic rings. The molecule has 1 aliphatic rings. The number of urea groups is 1. The number of halogens is 5. The van der Waals surface area contributed by atoms with Gasteiger partial charge in [-0.1, -0.05) is 22.0 Å². The number of nitriles is 1. The van der Waals surface area contributed by atoms with Crippen molar-refractivity contribution in [3.63, 3.8) is 0 Å². The van der Waals surface area contributed by atoms with E-state index in [2.05, 4.69) is 20.9 Å². The molecule has 1 aliphatic heterocycles. The Morgan fingerprint density at radius 3 is 2.47 bits per heavy atom. The molecule has 1 aromatic heterocycles. The van der Waals surface area contributed by atoms with Crippen LogP contribution in [0.15, 0.2) is 34.9 Å². The topological polar surface area (TPSA) is 77.3 Å². The molecule has 1 aromatic carbocycles. The molecule has 30 heavy (non-hydrogen) atoms. The zero-order chi connectivity index (χ0) is 22.4. The van der Waals surface area contributed by atoms with Gasteiger partial charge < -0.3 is 4.90 Å². The Balaban J connectivity index is 2.03. The third kappa shape index (κ3) is 3.63. The minimum Gasteiger partial charge on any atom is -0.305 e. The molecule has 3 rings (SSSR count). The minimum atomic E-state index is -4.91. The summed E-state index contributed by atoms with van der Waals surface area (Å²) in [6.45, 7) is 2.54. The number of imide groups is 1. The summed E-state index contributed by atoms with van der Waals surface area (Å²) in [5.41, 5.74) is -3.99. The second-order valence-corrected chi connectivity index (χ2v) is 7.92. The van der Waals surface area contributed by atoms with E-state index in [1.807, 2.05) is 0 Å². The number of benzene rings is 1. The Kier molecular flexibility index (Phi) is 5.32. The molecule has 2 heterocycles. The molecule has 6 nitrogen and oxygen atoms in total. The molecule has 156 valence electrons. The van der Waals surface area contributed by atoms with Crippen molar-refractivity contribution in [2.45, 2.75) is 32.1 Å². The molecule has 0 unspecified atom stereocenters. The highest BCUT2D eigenvalue weighted by atomic mass is 79.9. The fraction of sp³-hybridized carbons (Fsp3) is 0.263. The number of alkyl halides is 3. The fourth-order valence-corrected chi connectivity index (χ4v) is 3.36. The normalized spacial score (nSPS) is 16.2. The summed E-state index contributed by atoms with van der Waals surface area (Å²) in [5, 5.41) is 8.87.